The first-order valence-corrected chi connectivity index (χ1v) is 4.69. The molecule has 1 aliphatic carbocycles. The Morgan fingerprint density at radius 1 is 1.50 bits per heavy atom. The summed E-state index contributed by atoms with van der Waals surface area (Å²) >= 11 is 0. The van der Waals surface area contributed by atoms with Crippen molar-refractivity contribution in [2.45, 2.75) is 39.7 Å². The van der Waals surface area contributed by atoms with E-state index in [1.807, 2.05) is 0 Å². The fraction of sp³-hybridized carbons (Fsp3) is 0.700. The van der Waals surface area contributed by atoms with Crippen LogP contribution in [-0.4, -0.2) is 9.78 Å². The van der Waals surface area contributed by atoms with Crippen LogP contribution >= 0.6 is 0 Å². The van der Waals surface area contributed by atoms with Crippen LogP contribution in [0.3, 0.4) is 0 Å². The summed E-state index contributed by atoms with van der Waals surface area (Å²) in [6.07, 6.45) is 7.19. The van der Waals surface area contributed by atoms with Crippen molar-refractivity contribution in [2.75, 3.05) is 0 Å². The fourth-order valence-corrected chi connectivity index (χ4v) is 1.58. The highest BCUT2D eigenvalue weighted by Crippen LogP contribution is 2.28. The molecule has 0 unspecified atom stereocenters. The van der Waals surface area contributed by atoms with Gasteiger partial charge in [-0.25, -0.2) is 0 Å². The lowest BCUT2D eigenvalue weighted by Gasteiger charge is -2.25. The summed E-state index contributed by atoms with van der Waals surface area (Å²) in [6.45, 7) is 5.30. The van der Waals surface area contributed by atoms with Gasteiger partial charge in [0.1, 0.15) is 6.20 Å². The number of rotatable bonds is 2. The second-order valence-electron chi connectivity index (χ2n) is 3.80. The van der Waals surface area contributed by atoms with E-state index in [1.165, 1.54) is 30.5 Å². The van der Waals surface area contributed by atoms with Gasteiger partial charge < -0.3 is 0 Å². The topological polar surface area (TPSA) is 17.8 Å². The molecule has 1 aromatic heterocycles. The van der Waals surface area contributed by atoms with Gasteiger partial charge in [0, 0.05) is 12.2 Å². The Morgan fingerprint density at radius 3 is 2.67 bits per heavy atom. The first-order valence-electron chi connectivity index (χ1n) is 4.69. The van der Waals surface area contributed by atoms with E-state index in [9.17, 15) is 0 Å². The summed E-state index contributed by atoms with van der Waals surface area (Å²) in [7, 11) is 0. The van der Waals surface area contributed by atoms with E-state index in [4.69, 9.17) is 0 Å². The van der Waals surface area contributed by atoms with Gasteiger partial charge >= 0.3 is 0 Å². The number of nitrogens with zero attached hydrogens (tertiary/aromatic N) is 2. The van der Waals surface area contributed by atoms with Crippen molar-refractivity contribution in [2.24, 2.45) is 5.92 Å². The molecular weight excluding hydrogens is 148 g/mol. The van der Waals surface area contributed by atoms with Gasteiger partial charge in [-0.1, -0.05) is 6.42 Å². The van der Waals surface area contributed by atoms with Crippen LogP contribution in [0.25, 0.3) is 0 Å². The monoisotopic (exact) mass is 163 g/mol. The van der Waals surface area contributed by atoms with E-state index in [-0.39, 0.29) is 0 Å². The van der Waals surface area contributed by atoms with Crippen LogP contribution in [0.5, 0.6) is 0 Å². The van der Waals surface area contributed by atoms with Crippen molar-refractivity contribution >= 4 is 0 Å². The van der Waals surface area contributed by atoms with Crippen molar-refractivity contribution in [3.05, 3.63) is 17.5 Å². The minimum Gasteiger partial charge on any atom is -0.269 e. The maximum atomic E-state index is 4.23. The summed E-state index contributed by atoms with van der Waals surface area (Å²) in [4.78, 5) is 0. The molecule has 0 aliphatic heterocycles. The molecule has 0 spiro atoms. The molecule has 1 radical (unpaired) electrons. The average molecular weight is 163 g/mol. The number of aryl methyl sites for hydroxylation is 1. The maximum Gasteiger partial charge on any atom is 0.116 e. The van der Waals surface area contributed by atoms with Crippen molar-refractivity contribution in [3.8, 4) is 0 Å². The molecule has 2 nitrogen and oxygen atoms in total. The molecule has 0 aromatic carbocycles. The van der Waals surface area contributed by atoms with Gasteiger partial charge in [-0.2, -0.15) is 5.10 Å². The highest BCUT2D eigenvalue weighted by molar-refractivity contribution is 5.11. The van der Waals surface area contributed by atoms with Crippen molar-refractivity contribution in [1.29, 1.82) is 0 Å². The lowest BCUT2D eigenvalue weighted by Crippen LogP contribution is -2.19. The molecule has 0 atom stereocenters. The number of hydrogen-bond acceptors (Lipinski definition) is 1. The third-order valence-electron chi connectivity index (χ3n) is 2.92. The molecular formula is C10H15N2. The molecule has 1 aliphatic rings. The SMILES string of the molecule is Cc1[c]nn(CC2CCC2)c1C. The van der Waals surface area contributed by atoms with E-state index in [1.54, 1.807) is 0 Å². The Morgan fingerprint density at radius 2 is 2.25 bits per heavy atom. The van der Waals surface area contributed by atoms with Gasteiger partial charge in [0.05, 0.1) is 0 Å². The zero-order valence-electron chi connectivity index (χ0n) is 7.80. The van der Waals surface area contributed by atoms with Gasteiger partial charge in [0.2, 0.25) is 0 Å². The van der Waals surface area contributed by atoms with E-state index in [0.29, 0.717) is 0 Å². The molecule has 1 heterocycles. The molecule has 65 valence electrons. The smallest absolute Gasteiger partial charge is 0.116 e. The van der Waals surface area contributed by atoms with Crippen LogP contribution in [0.2, 0.25) is 0 Å². The maximum absolute atomic E-state index is 4.23. The second-order valence-corrected chi connectivity index (χ2v) is 3.80. The van der Waals surface area contributed by atoms with Crippen molar-refractivity contribution in [3.63, 3.8) is 0 Å². The van der Waals surface area contributed by atoms with Crippen LogP contribution in [0, 0.1) is 26.0 Å². The Bertz CT molecular complexity index is 271. The van der Waals surface area contributed by atoms with E-state index >= 15 is 0 Å². The molecule has 0 saturated heterocycles. The molecule has 0 N–H and O–H groups in total. The molecule has 1 aromatic rings. The van der Waals surface area contributed by atoms with Crippen LogP contribution in [0.15, 0.2) is 0 Å². The quantitative estimate of drug-likeness (QED) is 0.653. The van der Waals surface area contributed by atoms with Crippen LogP contribution in [0.4, 0.5) is 0 Å². The largest absolute Gasteiger partial charge is 0.269 e. The molecule has 2 heteroatoms. The minimum absolute atomic E-state index is 0.886. The first-order chi connectivity index (χ1) is 5.77. The molecule has 2 rings (SSSR count). The standard InChI is InChI=1S/C10H15N2/c1-8-6-11-12(9(8)2)7-10-4-3-5-10/h10H,3-5,7H2,1-2H3. The molecule has 12 heavy (non-hydrogen) atoms. The Balaban J connectivity index is 2.06. The highest BCUT2D eigenvalue weighted by atomic mass is 15.3. The predicted molar refractivity (Wildman–Crippen MR) is 47.9 cm³/mol. The summed E-state index contributed by atoms with van der Waals surface area (Å²) in [5, 5.41) is 4.23. The molecule has 1 saturated carbocycles. The van der Waals surface area contributed by atoms with Gasteiger partial charge in [0.15, 0.2) is 0 Å². The summed E-state index contributed by atoms with van der Waals surface area (Å²) in [6, 6.07) is 0. The van der Waals surface area contributed by atoms with E-state index in [2.05, 4.69) is 29.8 Å². The zero-order valence-corrected chi connectivity index (χ0v) is 7.80. The van der Waals surface area contributed by atoms with Gasteiger partial charge in [-0.15, -0.1) is 0 Å². The summed E-state index contributed by atoms with van der Waals surface area (Å²) in [5.74, 6) is 0.886. The van der Waals surface area contributed by atoms with Crippen LogP contribution in [0.1, 0.15) is 30.5 Å². The summed E-state index contributed by atoms with van der Waals surface area (Å²) < 4.78 is 2.10. The molecule has 0 amide bonds. The Hall–Kier alpha value is -0.790. The number of hydrogen-bond donors (Lipinski definition) is 0. The van der Waals surface area contributed by atoms with Crippen LogP contribution in [-0.2, 0) is 6.54 Å². The molecule has 1 fully saturated rings. The lowest BCUT2D eigenvalue weighted by molar-refractivity contribution is 0.264. The third-order valence-corrected chi connectivity index (χ3v) is 2.92. The van der Waals surface area contributed by atoms with Gasteiger partial charge in [-0.3, -0.25) is 4.68 Å². The normalized spacial score (nSPS) is 17.8. The minimum atomic E-state index is 0.886. The summed E-state index contributed by atoms with van der Waals surface area (Å²) in [5.41, 5.74) is 2.47. The predicted octanol–water partition coefficient (Wildman–Crippen LogP) is 2.10. The lowest BCUT2D eigenvalue weighted by atomic mass is 9.85. The van der Waals surface area contributed by atoms with Crippen molar-refractivity contribution in [1.82, 2.24) is 9.78 Å². The van der Waals surface area contributed by atoms with Gasteiger partial charge in [-0.05, 0) is 38.2 Å². The van der Waals surface area contributed by atoms with Gasteiger partial charge in [0.25, 0.3) is 0 Å². The Labute approximate surface area is 73.6 Å². The Kier molecular flexibility index (Phi) is 1.91. The van der Waals surface area contributed by atoms with Crippen LogP contribution < -0.4 is 0 Å². The van der Waals surface area contributed by atoms with E-state index < -0.39 is 0 Å². The third kappa shape index (κ3) is 1.26. The number of aromatic nitrogens is 2. The average Bonchev–Trinajstić information content (AvgIpc) is 2.27. The molecule has 0 bridgehead atoms. The van der Waals surface area contributed by atoms with Crippen molar-refractivity contribution < 1.29 is 0 Å². The second kappa shape index (κ2) is 2.92. The first kappa shape index (κ1) is 7.84. The highest BCUT2D eigenvalue weighted by Gasteiger charge is 2.18. The van der Waals surface area contributed by atoms with E-state index in [0.717, 1.165) is 12.5 Å². The zero-order chi connectivity index (χ0) is 8.55. The fourth-order valence-electron chi connectivity index (χ4n) is 1.58.